The molecule has 0 unspecified atom stereocenters. The molecule has 1 N–H and O–H groups in total. The Kier molecular flexibility index (Phi) is 7.28. The summed E-state index contributed by atoms with van der Waals surface area (Å²) in [5.41, 5.74) is 4.98. The van der Waals surface area contributed by atoms with E-state index in [1.165, 1.54) is 18.4 Å². The van der Waals surface area contributed by atoms with Gasteiger partial charge in [-0.1, -0.05) is 27.2 Å². The summed E-state index contributed by atoms with van der Waals surface area (Å²) in [6, 6.07) is 9.75. The summed E-state index contributed by atoms with van der Waals surface area (Å²) in [5.74, 6) is 1.86. The molecule has 0 spiro atoms. The number of piperidine rings is 1. The lowest BCUT2D eigenvalue weighted by Crippen LogP contribution is -2.33. The number of benzene rings is 2. The van der Waals surface area contributed by atoms with Crippen molar-refractivity contribution in [3.63, 3.8) is 0 Å². The Balaban J connectivity index is 1.72. The predicted molar refractivity (Wildman–Crippen MR) is 134 cm³/mol. The first kappa shape index (κ1) is 23.6. The Morgan fingerprint density at radius 1 is 1.06 bits per heavy atom. The van der Waals surface area contributed by atoms with Crippen LogP contribution < -0.4 is 9.47 Å². The number of ether oxygens (including phenoxy) is 2. The average Bonchev–Trinajstić information content (AvgIpc) is 3.20. The third-order valence-electron chi connectivity index (χ3n) is 7.06. The second-order valence-corrected chi connectivity index (χ2v) is 9.53. The van der Waals surface area contributed by atoms with Crippen LogP contribution >= 0.6 is 0 Å². The number of nitrogens with zero attached hydrogens (tertiary/aromatic N) is 1. The minimum absolute atomic E-state index is 0.0927. The Labute approximate surface area is 197 Å². The van der Waals surface area contributed by atoms with Crippen LogP contribution in [0.15, 0.2) is 30.3 Å². The van der Waals surface area contributed by atoms with Crippen molar-refractivity contribution in [2.24, 2.45) is 0 Å². The largest absolute Gasteiger partial charge is 0.493 e. The maximum absolute atomic E-state index is 15.3. The first-order valence-corrected chi connectivity index (χ1v) is 12.3. The van der Waals surface area contributed by atoms with E-state index in [4.69, 9.17) is 9.47 Å². The summed E-state index contributed by atoms with van der Waals surface area (Å²) in [6.07, 6.45) is 4.51. The van der Waals surface area contributed by atoms with E-state index < -0.39 is 0 Å². The highest BCUT2D eigenvalue weighted by atomic mass is 19.1. The molecule has 0 bridgehead atoms. The molecule has 178 valence electrons. The Morgan fingerprint density at radius 2 is 1.79 bits per heavy atom. The number of fused-ring (bicyclic) bond motifs is 1. The lowest BCUT2D eigenvalue weighted by atomic mass is 9.87. The van der Waals surface area contributed by atoms with Crippen molar-refractivity contribution in [1.82, 2.24) is 9.88 Å². The summed E-state index contributed by atoms with van der Waals surface area (Å²) in [6.45, 7) is 9.90. The van der Waals surface area contributed by atoms with E-state index in [2.05, 4.69) is 36.7 Å². The van der Waals surface area contributed by atoms with Crippen molar-refractivity contribution in [3.05, 3.63) is 47.3 Å². The van der Waals surface area contributed by atoms with Crippen molar-refractivity contribution in [3.8, 4) is 22.8 Å². The second-order valence-electron chi connectivity index (χ2n) is 9.53. The monoisotopic (exact) mass is 452 g/mol. The summed E-state index contributed by atoms with van der Waals surface area (Å²) >= 11 is 0. The summed E-state index contributed by atoms with van der Waals surface area (Å²) in [7, 11) is 3.28. The fraction of sp³-hybridized carbons (Fsp3) is 0.500. The molecule has 0 saturated carbocycles. The Hall–Kier alpha value is -2.53. The van der Waals surface area contributed by atoms with E-state index in [1.807, 2.05) is 18.2 Å². The number of aromatic amines is 1. The van der Waals surface area contributed by atoms with E-state index in [0.29, 0.717) is 11.5 Å². The Morgan fingerprint density at radius 3 is 2.42 bits per heavy atom. The number of methoxy groups -OCH3 is 2. The van der Waals surface area contributed by atoms with E-state index in [1.54, 1.807) is 20.3 Å². The van der Waals surface area contributed by atoms with Crippen LogP contribution in [0.3, 0.4) is 0 Å². The highest BCUT2D eigenvalue weighted by Crippen LogP contribution is 2.41. The normalized spacial score (nSPS) is 15.5. The highest BCUT2D eigenvalue weighted by Gasteiger charge is 2.25. The molecular formula is C28H37FN2O2. The highest BCUT2D eigenvalue weighted by molar-refractivity contribution is 5.92. The molecule has 1 fully saturated rings. The summed E-state index contributed by atoms with van der Waals surface area (Å²) < 4.78 is 26.2. The van der Waals surface area contributed by atoms with E-state index in [-0.39, 0.29) is 17.7 Å². The predicted octanol–water partition coefficient (Wildman–Crippen LogP) is 7.09. The minimum Gasteiger partial charge on any atom is -0.493 e. The molecule has 1 aliphatic heterocycles. The average molecular weight is 453 g/mol. The van der Waals surface area contributed by atoms with Gasteiger partial charge in [0.1, 0.15) is 5.82 Å². The van der Waals surface area contributed by atoms with Crippen LogP contribution in [0.2, 0.25) is 0 Å². The zero-order chi connectivity index (χ0) is 23.5. The van der Waals surface area contributed by atoms with Crippen molar-refractivity contribution in [2.45, 2.75) is 58.3 Å². The van der Waals surface area contributed by atoms with E-state index >= 15 is 4.39 Å². The quantitative estimate of drug-likeness (QED) is 0.396. The number of unbranched alkanes of at least 4 members (excludes halogenated alkanes) is 1. The molecule has 3 aromatic rings. The van der Waals surface area contributed by atoms with E-state index in [0.717, 1.165) is 60.2 Å². The van der Waals surface area contributed by atoms with Crippen molar-refractivity contribution in [1.29, 1.82) is 0 Å². The molecule has 4 rings (SSSR count). The first-order chi connectivity index (χ1) is 16.0. The fourth-order valence-electron chi connectivity index (χ4n) is 5.23. The molecule has 0 aliphatic carbocycles. The third-order valence-corrected chi connectivity index (χ3v) is 7.06. The van der Waals surface area contributed by atoms with Crippen molar-refractivity contribution < 1.29 is 13.9 Å². The van der Waals surface area contributed by atoms with Crippen LogP contribution in [0.4, 0.5) is 4.39 Å². The van der Waals surface area contributed by atoms with Gasteiger partial charge in [-0.3, -0.25) is 0 Å². The number of H-pyrrole nitrogens is 1. The van der Waals surface area contributed by atoms with Crippen LogP contribution in [-0.4, -0.2) is 43.7 Å². The molecule has 0 amide bonds. The maximum atomic E-state index is 15.3. The van der Waals surface area contributed by atoms with Crippen LogP contribution in [0, 0.1) is 5.82 Å². The van der Waals surface area contributed by atoms with Gasteiger partial charge in [0.05, 0.1) is 19.9 Å². The van der Waals surface area contributed by atoms with Gasteiger partial charge in [0.25, 0.3) is 0 Å². The molecule has 2 heterocycles. The van der Waals surface area contributed by atoms with Gasteiger partial charge < -0.3 is 19.4 Å². The van der Waals surface area contributed by atoms with Gasteiger partial charge >= 0.3 is 0 Å². The standard InChI is InChI=1S/C28H37FN2O2/c1-6-7-12-31-13-10-19(11-14-31)21-16-22-24(17-23(21)29)30-28(27(22)18(2)3)20-8-9-25(32-4)26(15-20)33-5/h8-9,15-19,30H,6-7,10-14H2,1-5H3. The molecule has 1 saturated heterocycles. The number of nitrogens with one attached hydrogen (secondary N) is 1. The lowest BCUT2D eigenvalue weighted by Gasteiger charge is -2.32. The van der Waals surface area contributed by atoms with Gasteiger partial charge in [0, 0.05) is 16.5 Å². The molecule has 1 aliphatic rings. The minimum atomic E-state index is -0.0927. The molecule has 0 radical (unpaired) electrons. The molecule has 5 heteroatoms. The number of likely N-dealkylation sites (tertiary alicyclic amines) is 1. The van der Waals surface area contributed by atoms with Gasteiger partial charge in [-0.25, -0.2) is 4.39 Å². The zero-order valence-electron chi connectivity index (χ0n) is 20.6. The Bertz CT molecular complexity index is 1100. The molecule has 2 aromatic carbocycles. The molecule has 33 heavy (non-hydrogen) atoms. The van der Waals surface area contributed by atoms with Crippen LogP contribution in [0.25, 0.3) is 22.2 Å². The molecule has 0 atom stereocenters. The SMILES string of the molecule is CCCCN1CCC(c2cc3c(C(C)C)c(-c4ccc(OC)c(OC)c4)[nH]c3cc2F)CC1. The second kappa shape index (κ2) is 10.2. The van der Waals surface area contributed by atoms with Crippen LogP contribution in [0.1, 0.15) is 69.4 Å². The van der Waals surface area contributed by atoms with Crippen molar-refractivity contribution >= 4 is 10.9 Å². The fourth-order valence-corrected chi connectivity index (χ4v) is 5.23. The summed E-state index contributed by atoms with van der Waals surface area (Å²) in [5, 5.41) is 1.12. The number of rotatable bonds is 8. The zero-order valence-corrected chi connectivity index (χ0v) is 20.6. The number of halogens is 1. The molecule has 4 nitrogen and oxygen atoms in total. The maximum Gasteiger partial charge on any atom is 0.161 e. The smallest absolute Gasteiger partial charge is 0.161 e. The van der Waals surface area contributed by atoms with E-state index in [9.17, 15) is 0 Å². The van der Waals surface area contributed by atoms with Crippen LogP contribution in [-0.2, 0) is 0 Å². The number of hydrogen-bond donors (Lipinski definition) is 1. The van der Waals surface area contributed by atoms with Gasteiger partial charge in [0.15, 0.2) is 11.5 Å². The third kappa shape index (κ3) is 4.74. The number of hydrogen-bond acceptors (Lipinski definition) is 3. The van der Waals surface area contributed by atoms with Gasteiger partial charge in [-0.2, -0.15) is 0 Å². The van der Waals surface area contributed by atoms with Crippen LogP contribution in [0.5, 0.6) is 11.5 Å². The van der Waals surface area contributed by atoms with Gasteiger partial charge in [0.2, 0.25) is 0 Å². The molecule has 1 aromatic heterocycles. The first-order valence-electron chi connectivity index (χ1n) is 12.3. The topological polar surface area (TPSA) is 37.5 Å². The molecular weight excluding hydrogens is 415 g/mol. The van der Waals surface area contributed by atoms with Crippen molar-refractivity contribution in [2.75, 3.05) is 33.9 Å². The number of aromatic nitrogens is 1. The van der Waals surface area contributed by atoms with Gasteiger partial charge in [-0.05, 0) is 92.2 Å². The lowest BCUT2D eigenvalue weighted by molar-refractivity contribution is 0.208. The van der Waals surface area contributed by atoms with Gasteiger partial charge in [-0.15, -0.1) is 0 Å². The summed E-state index contributed by atoms with van der Waals surface area (Å²) in [4.78, 5) is 6.04.